The molecule has 1 saturated heterocycles. The zero-order chi connectivity index (χ0) is 22.3. The minimum Gasteiger partial charge on any atom is -0.497 e. The summed E-state index contributed by atoms with van der Waals surface area (Å²) in [6.07, 6.45) is 3.33. The highest BCUT2D eigenvalue weighted by Crippen LogP contribution is 2.38. The van der Waals surface area contributed by atoms with Crippen LogP contribution >= 0.6 is 0 Å². The third-order valence-electron chi connectivity index (χ3n) is 6.42. The van der Waals surface area contributed by atoms with Gasteiger partial charge in [-0.1, -0.05) is 12.1 Å². The molecule has 0 unspecified atom stereocenters. The minimum atomic E-state index is -1.03. The first-order valence-electron chi connectivity index (χ1n) is 10.7. The molecule has 2 fully saturated rings. The summed E-state index contributed by atoms with van der Waals surface area (Å²) in [5.74, 6) is 0.212. The third-order valence-corrected chi connectivity index (χ3v) is 6.42. The number of aromatic nitrogens is 1. The van der Waals surface area contributed by atoms with Crippen LogP contribution in [0.2, 0.25) is 0 Å². The number of hydrogen-bond donors (Lipinski definition) is 1. The second kappa shape index (κ2) is 7.87. The van der Waals surface area contributed by atoms with Crippen molar-refractivity contribution in [3.05, 3.63) is 52.8 Å². The van der Waals surface area contributed by atoms with Crippen molar-refractivity contribution in [1.82, 2.24) is 14.8 Å². The van der Waals surface area contributed by atoms with Crippen LogP contribution in [0.5, 0.6) is 5.75 Å². The van der Waals surface area contributed by atoms with Crippen LogP contribution in [0.3, 0.4) is 0 Å². The first kappa shape index (κ1) is 21.2. The van der Waals surface area contributed by atoms with Gasteiger partial charge in [0.05, 0.1) is 13.7 Å². The average molecular weight is 424 g/mol. The molecule has 3 amide bonds. The number of nitrogens with one attached hydrogen (secondary N) is 1. The normalized spacial score (nSPS) is 20.8. The topological polar surface area (TPSA) is 80.6 Å². The van der Waals surface area contributed by atoms with Crippen LogP contribution < -0.4 is 10.1 Å². The van der Waals surface area contributed by atoms with Gasteiger partial charge in [0, 0.05) is 23.0 Å². The monoisotopic (exact) mass is 423 g/mol. The highest BCUT2D eigenvalue weighted by Gasteiger charge is 2.48. The van der Waals surface area contributed by atoms with Crippen molar-refractivity contribution in [3.63, 3.8) is 0 Å². The summed E-state index contributed by atoms with van der Waals surface area (Å²) in [4.78, 5) is 39.7. The number of ether oxygens (including phenoxy) is 1. The molecule has 4 rings (SSSR count). The molecule has 1 aromatic carbocycles. The van der Waals surface area contributed by atoms with Crippen LogP contribution in [-0.2, 0) is 11.2 Å². The van der Waals surface area contributed by atoms with Crippen molar-refractivity contribution in [3.8, 4) is 5.75 Å². The van der Waals surface area contributed by atoms with Gasteiger partial charge < -0.3 is 14.6 Å². The van der Waals surface area contributed by atoms with Crippen LogP contribution in [0.15, 0.2) is 30.3 Å². The van der Waals surface area contributed by atoms with Gasteiger partial charge in [0.25, 0.3) is 5.91 Å². The largest absolute Gasteiger partial charge is 0.497 e. The lowest BCUT2D eigenvalue weighted by atomic mass is 9.93. The molecule has 0 radical (unpaired) electrons. The summed E-state index contributed by atoms with van der Waals surface area (Å²) in [5, 5.41) is 2.79. The van der Waals surface area contributed by atoms with E-state index >= 15 is 0 Å². The second-order valence-corrected chi connectivity index (χ2v) is 8.81. The van der Waals surface area contributed by atoms with E-state index in [4.69, 9.17) is 4.74 Å². The molecule has 7 nitrogen and oxygen atoms in total. The Morgan fingerprint density at radius 2 is 1.87 bits per heavy atom. The summed E-state index contributed by atoms with van der Waals surface area (Å²) < 4.78 is 7.36. The zero-order valence-electron chi connectivity index (χ0n) is 18.5. The van der Waals surface area contributed by atoms with Gasteiger partial charge in [-0.3, -0.25) is 14.5 Å². The number of rotatable bonds is 8. The average Bonchev–Trinajstić information content (AvgIpc) is 3.50. The van der Waals surface area contributed by atoms with E-state index in [1.54, 1.807) is 14.0 Å². The van der Waals surface area contributed by atoms with Gasteiger partial charge in [0.2, 0.25) is 0 Å². The van der Waals surface area contributed by atoms with Gasteiger partial charge in [-0.25, -0.2) is 4.79 Å². The number of carbonyl (C=O) groups excluding carboxylic acids is 3. The number of carbonyl (C=O) groups is 3. The lowest BCUT2D eigenvalue weighted by molar-refractivity contribution is -0.130. The van der Waals surface area contributed by atoms with Crippen LogP contribution in [0.25, 0.3) is 0 Å². The molecular weight excluding hydrogens is 394 g/mol. The second-order valence-electron chi connectivity index (χ2n) is 8.81. The molecule has 0 bridgehead atoms. The van der Waals surface area contributed by atoms with Crippen LogP contribution in [0.4, 0.5) is 4.79 Å². The van der Waals surface area contributed by atoms with E-state index in [1.807, 2.05) is 44.2 Å². The molecule has 31 heavy (non-hydrogen) atoms. The Bertz CT molecular complexity index is 1040. The van der Waals surface area contributed by atoms with Crippen LogP contribution in [-0.4, -0.2) is 46.4 Å². The lowest BCUT2D eigenvalue weighted by Gasteiger charge is -2.21. The molecule has 0 spiro atoms. The molecule has 164 valence electrons. The third kappa shape index (κ3) is 3.96. The van der Waals surface area contributed by atoms with E-state index in [0.29, 0.717) is 24.4 Å². The molecular formula is C24H29N3O4. The van der Waals surface area contributed by atoms with Gasteiger partial charge in [-0.15, -0.1) is 0 Å². The number of benzene rings is 1. The van der Waals surface area contributed by atoms with E-state index < -0.39 is 11.6 Å². The number of urea groups is 1. The first-order chi connectivity index (χ1) is 14.7. The van der Waals surface area contributed by atoms with Gasteiger partial charge in [0.1, 0.15) is 11.3 Å². The predicted molar refractivity (Wildman–Crippen MR) is 116 cm³/mol. The van der Waals surface area contributed by atoms with E-state index in [2.05, 4.69) is 9.88 Å². The van der Waals surface area contributed by atoms with E-state index in [-0.39, 0.29) is 18.2 Å². The molecule has 1 atom stereocenters. The van der Waals surface area contributed by atoms with Crippen LogP contribution in [0, 0.1) is 13.8 Å². The van der Waals surface area contributed by atoms with Crippen molar-refractivity contribution in [1.29, 1.82) is 0 Å². The Labute approximate surface area is 182 Å². The van der Waals surface area contributed by atoms with E-state index in [9.17, 15) is 14.4 Å². The van der Waals surface area contributed by atoms with Gasteiger partial charge in [0.15, 0.2) is 5.78 Å². The zero-order valence-corrected chi connectivity index (χ0v) is 18.5. The quantitative estimate of drug-likeness (QED) is 0.520. The number of ketones is 1. The molecule has 1 N–H and O–H groups in total. The smallest absolute Gasteiger partial charge is 0.325 e. The van der Waals surface area contributed by atoms with Crippen molar-refractivity contribution in [2.24, 2.45) is 0 Å². The van der Waals surface area contributed by atoms with E-state index in [1.165, 1.54) is 0 Å². The maximum atomic E-state index is 13.1. The molecule has 1 aliphatic heterocycles. The Morgan fingerprint density at radius 3 is 2.48 bits per heavy atom. The minimum absolute atomic E-state index is 0.206. The van der Waals surface area contributed by atoms with Crippen molar-refractivity contribution in [2.75, 3.05) is 13.7 Å². The molecule has 2 aliphatic rings. The maximum Gasteiger partial charge on any atom is 0.325 e. The number of imide groups is 1. The Hall–Kier alpha value is -3.09. The van der Waals surface area contributed by atoms with Gasteiger partial charge in [-0.2, -0.15) is 0 Å². The number of Topliss-reactive ketones (excluding diaryl/α,β-unsaturated/α-hetero) is 1. The predicted octanol–water partition coefficient (Wildman–Crippen LogP) is 3.57. The van der Waals surface area contributed by atoms with Crippen molar-refractivity contribution >= 4 is 17.7 Å². The van der Waals surface area contributed by atoms with Gasteiger partial charge in [-0.05, 0) is 70.2 Å². The summed E-state index contributed by atoms with van der Waals surface area (Å²) in [5.41, 5.74) is 2.58. The fourth-order valence-corrected chi connectivity index (χ4v) is 4.43. The van der Waals surface area contributed by atoms with Crippen LogP contribution in [0.1, 0.15) is 59.5 Å². The molecule has 2 heterocycles. The highest BCUT2D eigenvalue weighted by atomic mass is 16.5. The SMILES string of the molecule is COc1ccc(CC[C@]2(C)NC(=O)N(CC(=O)c3cc(C)n(C4CC4)c3C)C2=O)cc1. The Morgan fingerprint density at radius 1 is 1.19 bits per heavy atom. The summed E-state index contributed by atoms with van der Waals surface area (Å²) in [6, 6.07) is 9.47. The Balaban J connectivity index is 1.44. The number of aryl methyl sites for hydroxylation is 2. The molecule has 1 aliphatic carbocycles. The summed E-state index contributed by atoms with van der Waals surface area (Å²) in [7, 11) is 1.61. The standard InChI is InChI=1S/C24H29N3O4/c1-15-13-20(16(2)27(15)18-7-8-18)21(28)14-26-22(29)24(3,25-23(26)30)12-11-17-5-9-19(31-4)10-6-17/h5-6,9-10,13,18H,7-8,11-12,14H2,1-4H3,(H,25,30)/t24-/m0/s1. The summed E-state index contributed by atoms with van der Waals surface area (Å²) in [6.45, 7) is 5.41. The highest BCUT2D eigenvalue weighted by molar-refractivity contribution is 6.11. The van der Waals surface area contributed by atoms with E-state index in [0.717, 1.165) is 40.4 Å². The molecule has 7 heteroatoms. The molecule has 1 saturated carbocycles. The number of methoxy groups -OCH3 is 1. The van der Waals surface area contributed by atoms with Gasteiger partial charge >= 0.3 is 6.03 Å². The van der Waals surface area contributed by atoms with Crippen molar-refractivity contribution < 1.29 is 19.1 Å². The maximum absolute atomic E-state index is 13.1. The number of hydrogen-bond acceptors (Lipinski definition) is 4. The molecule has 2 aromatic rings. The number of nitrogens with zero attached hydrogens (tertiary/aromatic N) is 2. The van der Waals surface area contributed by atoms with Crippen molar-refractivity contribution in [2.45, 2.75) is 58.0 Å². The molecule has 1 aromatic heterocycles. The number of amides is 3. The lowest BCUT2D eigenvalue weighted by Crippen LogP contribution is -2.44. The first-order valence-corrected chi connectivity index (χ1v) is 10.7. The Kier molecular flexibility index (Phi) is 5.37. The fraction of sp³-hybridized carbons (Fsp3) is 0.458. The summed E-state index contributed by atoms with van der Waals surface area (Å²) >= 11 is 0. The fourth-order valence-electron chi connectivity index (χ4n) is 4.43.